The minimum atomic E-state index is -0.336. The van der Waals surface area contributed by atoms with Crippen LogP contribution in [0.2, 0.25) is 0 Å². The van der Waals surface area contributed by atoms with Gasteiger partial charge in [-0.3, -0.25) is 14.4 Å². The van der Waals surface area contributed by atoms with Gasteiger partial charge in [0.25, 0.3) is 11.8 Å². The van der Waals surface area contributed by atoms with Gasteiger partial charge in [0.05, 0.1) is 11.3 Å². The van der Waals surface area contributed by atoms with E-state index in [9.17, 15) is 14.4 Å². The third-order valence-electron chi connectivity index (χ3n) is 4.17. The van der Waals surface area contributed by atoms with E-state index >= 15 is 0 Å². The van der Waals surface area contributed by atoms with Crippen molar-refractivity contribution in [3.63, 3.8) is 0 Å². The van der Waals surface area contributed by atoms with Gasteiger partial charge >= 0.3 is 0 Å². The molecule has 3 amide bonds. The second kappa shape index (κ2) is 8.31. The number of para-hydroxylation sites is 1. The molecule has 0 aliphatic heterocycles. The van der Waals surface area contributed by atoms with Gasteiger partial charge in [0.15, 0.2) is 0 Å². The van der Waals surface area contributed by atoms with Gasteiger partial charge in [-0.05, 0) is 48.7 Å². The molecule has 0 spiro atoms. The summed E-state index contributed by atoms with van der Waals surface area (Å²) in [5.74, 6) is -0.677. The molecule has 6 heteroatoms. The van der Waals surface area contributed by atoms with E-state index in [-0.39, 0.29) is 23.8 Å². The van der Waals surface area contributed by atoms with Gasteiger partial charge in [0, 0.05) is 24.7 Å². The van der Waals surface area contributed by atoms with Crippen LogP contribution < -0.4 is 16.0 Å². The molecule has 0 heterocycles. The number of nitrogens with one attached hydrogen (secondary N) is 3. The highest BCUT2D eigenvalue weighted by molar-refractivity contribution is 6.07. The lowest BCUT2D eigenvalue weighted by atomic mass is 10.1. The van der Waals surface area contributed by atoms with Crippen LogP contribution in [0, 0.1) is 0 Å². The van der Waals surface area contributed by atoms with Crippen LogP contribution in [0.4, 0.5) is 5.69 Å². The lowest BCUT2D eigenvalue weighted by molar-refractivity contribution is -0.111. The summed E-state index contributed by atoms with van der Waals surface area (Å²) in [6, 6.07) is 14.1. The van der Waals surface area contributed by atoms with Crippen molar-refractivity contribution in [2.75, 3.05) is 12.4 Å². The smallest absolute Gasteiger partial charge is 0.253 e. The number of rotatable bonds is 6. The van der Waals surface area contributed by atoms with Crippen LogP contribution in [0.1, 0.15) is 39.1 Å². The molecule has 3 N–H and O–H groups in total. The minimum Gasteiger partial charge on any atom is -0.355 e. The fourth-order valence-corrected chi connectivity index (χ4v) is 2.52. The maximum absolute atomic E-state index is 12.3. The van der Waals surface area contributed by atoms with Crippen molar-refractivity contribution in [2.45, 2.75) is 18.9 Å². The van der Waals surface area contributed by atoms with Crippen molar-refractivity contribution in [3.05, 3.63) is 71.3 Å². The molecule has 3 rings (SSSR count). The van der Waals surface area contributed by atoms with E-state index in [0.717, 1.165) is 18.4 Å². The van der Waals surface area contributed by atoms with Crippen molar-refractivity contribution < 1.29 is 14.4 Å². The van der Waals surface area contributed by atoms with Gasteiger partial charge in [-0.25, -0.2) is 0 Å². The lowest BCUT2D eigenvalue weighted by Crippen LogP contribution is -2.26. The fraction of sp³-hybridized carbons (Fsp3) is 0.190. The average Bonchev–Trinajstić information content (AvgIpc) is 3.50. The van der Waals surface area contributed by atoms with Gasteiger partial charge in [-0.15, -0.1) is 0 Å². The van der Waals surface area contributed by atoms with Crippen molar-refractivity contribution in [2.24, 2.45) is 0 Å². The maximum Gasteiger partial charge on any atom is 0.253 e. The molecular weight excluding hydrogens is 342 g/mol. The number of benzene rings is 2. The van der Waals surface area contributed by atoms with Gasteiger partial charge in [-0.2, -0.15) is 0 Å². The number of hydrogen-bond donors (Lipinski definition) is 3. The van der Waals surface area contributed by atoms with Crippen LogP contribution in [0.5, 0.6) is 0 Å². The zero-order valence-electron chi connectivity index (χ0n) is 15.0. The minimum absolute atomic E-state index is 0.163. The molecule has 0 aromatic heterocycles. The first kappa shape index (κ1) is 18.4. The average molecular weight is 363 g/mol. The molecule has 138 valence electrons. The largest absolute Gasteiger partial charge is 0.355 e. The molecule has 0 saturated heterocycles. The molecule has 1 saturated carbocycles. The highest BCUT2D eigenvalue weighted by atomic mass is 16.2. The molecule has 0 unspecified atom stereocenters. The quantitative estimate of drug-likeness (QED) is 0.690. The van der Waals surface area contributed by atoms with Crippen LogP contribution in [0.15, 0.2) is 54.6 Å². The SMILES string of the molecule is CNC(=O)c1ccc(/C=C/C(=O)Nc2ccccc2C(=O)NC2CC2)cc1. The Morgan fingerprint density at radius 2 is 1.67 bits per heavy atom. The molecular formula is C21H21N3O3. The topological polar surface area (TPSA) is 87.3 Å². The number of carbonyl (C=O) groups excluding carboxylic acids is 3. The zero-order valence-corrected chi connectivity index (χ0v) is 15.0. The first-order chi connectivity index (χ1) is 13.1. The van der Waals surface area contributed by atoms with Gasteiger partial charge < -0.3 is 16.0 Å². The van der Waals surface area contributed by atoms with Crippen LogP contribution in [-0.2, 0) is 4.79 Å². The molecule has 2 aromatic rings. The highest BCUT2D eigenvalue weighted by Gasteiger charge is 2.24. The number of amides is 3. The van der Waals surface area contributed by atoms with E-state index in [1.54, 1.807) is 61.7 Å². The van der Waals surface area contributed by atoms with Crippen molar-refractivity contribution in [1.29, 1.82) is 0 Å². The number of anilines is 1. The Morgan fingerprint density at radius 1 is 0.963 bits per heavy atom. The molecule has 2 aromatic carbocycles. The third kappa shape index (κ3) is 5.04. The molecule has 27 heavy (non-hydrogen) atoms. The molecule has 0 atom stereocenters. The zero-order chi connectivity index (χ0) is 19.2. The summed E-state index contributed by atoms with van der Waals surface area (Å²) >= 11 is 0. The summed E-state index contributed by atoms with van der Waals surface area (Å²) in [6.07, 6.45) is 5.05. The predicted octanol–water partition coefficient (Wildman–Crippen LogP) is 2.59. The Hall–Kier alpha value is -3.41. The van der Waals surface area contributed by atoms with Crippen molar-refractivity contribution in [3.8, 4) is 0 Å². The molecule has 0 radical (unpaired) electrons. The Balaban J connectivity index is 1.64. The van der Waals surface area contributed by atoms with E-state index in [1.165, 1.54) is 6.08 Å². The molecule has 0 bridgehead atoms. The molecule has 1 aliphatic rings. The lowest BCUT2D eigenvalue weighted by Gasteiger charge is -2.09. The molecule has 1 aliphatic carbocycles. The van der Waals surface area contributed by atoms with E-state index in [2.05, 4.69) is 16.0 Å². The van der Waals surface area contributed by atoms with E-state index in [0.29, 0.717) is 16.8 Å². The van der Waals surface area contributed by atoms with Crippen LogP contribution >= 0.6 is 0 Å². The molecule has 1 fully saturated rings. The fourth-order valence-electron chi connectivity index (χ4n) is 2.52. The maximum atomic E-state index is 12.3. The summed E-state index contributed by atoms with van der Waals surface area (Å²) < 4.78 is 0. The van der Waals surface area contributed by atoms with E-state index in [4.69, 9.17) is 0 Å². The van der Waals surface area contributed by atoms with Gasteiger partial charge in [-0.1, -0.05) is 24.3 Å². The Bertz CT molecular complexity index is 884. The second-order valence-corrected chi connectivity index (χ2v) is 6.32. The van der Waals surface area contributed by atoms with Crippen molar-refractivity contribution >= 4 is 29.5 Å². The van der Waals surface area contributed by atoms with Crippen molar-refractivity contribution in [1.82, 2.24) is 10.6 Å². The van der Waals surface area contributed by atoms with Crippen LogP contribution in [-0.4, -0.2) is 30.8 Å². The monoisotopic (exact) mass is 363 g/mol. The summed E-state index contributed by atoms with van der Waals surface area (Å²) in [5, 5.41) is 8.22. The Kier molecular flexibility index (Phi) is 5.66. The summed E-state index contributed by atoms with van der Waals surface area (Å²) in [6.45, 7) is 0. The summed E-state index contributed by atoms with van der Waals surface area (Å²) in [5.41, 5.74) is 2.26. The second-order valence-electron chi connectivity index (χ2n) is 6.32. The number of hydrogen-bond acceptors (Lipinski definition) is 3. The van der Waals surface area contributed by atoms with Crippen LogP contribution in [0.3, 0.4) is 0 Å². The third-order valence-corrected chi connectivity index (χ3v) is 4.17. The van der Waals surface area contributed by atoms with E-state index in [1.807, 2.05) is 0 Å². The first-order valence-corrected chi connectivity index (χ1v) is 8.78. The molecule has 6 nitrogen and oxygen atoms in total. The van der Waals surface area contributed by atoms with Gasteiger partial charge in [0.2, 0.25) is 5.91 Å². The normalized spacial score (nSPS) is 13.2. The van der Waals surface area contributed by atoms with Gasteiger partial charge in [0.1, 0.15) is 0 Å². The van der Waals surface area contributed by atoms with Crippen LogP contribution in [0.25, 0.3) is 6.08 Å². The first-order valence-electron chi connectivity index (χ1n) is 8.78. The van der Waals surface area contributed by atoms with E-state index < -0.39 is 0 Å². The summed E-state index contributed by atoms with van der Waals surface area (Å²) in [4.78, 5) is 36.0. The standard InChI is InChI=1S/C21H21N3O3/c1-22-20(26)15-9-6-14(7-10-15)8-13-19(25)24-18-5-3-2-4-17(18)21(27)23-16-11-12-16/h2-10,13,16H,11-12H2,1H3,(H,22,26)(H,23,27)(H,24,25)/b13-8+. The predicted molar refractivity (Wildman–Crippen MR) is 104 cm³/mol. The highest BCUT2D eigenvalue weighted by Crippen LogP contribution is 2.21. The summed E-state index contributed by atoms with van der Waals surface area (Å²) in [7, 11) is 1.57. The Morgan fingerprint density at radius 3 is 2.33 bits per heavy atom. The number of carbonyl (C=O) groups is 3. The Labute approximate surface area is 157 Å².